The lowest BCUT2D eigenvalue weighted by Gasteiger charge is -2.60. The second kappa shape index (κ2) is 8.31. The van der Waals surface area contributed by atoms with Crippen LogP contribution in [0.3, 0.4) is 0 Å². The standard InChI is InChI=1S/C25H34O8/c1-23-9-7-15(26)11-14(23)3-4-16-17-8-10-25(32,24(17,2)12-18(27)22(16)23)19(28)13-33-21(31)6-5-20(29)30/h11,16-18,22,27,32H,3-10,12-13H2,1-2H3,(H,29,30)/t16?,17?,18-,22?,23?,24?,25-/m0/s1. The van der Waals surface area contributed by atoms with Crippen LogP contribution in [-0.2, 0) is 23.9 Å². The molecule has 3 saturated carbocycles. The van der Waals surface area contributed by atoms with Crippen molar-refractivity contribution in [3.05, 3.63) is 11.6 Å². The zero-order chi connectivity index (χ0) is 24.2. The van der Waals surface area contributed by atoms with Crippen LogP contribution >= 0.6 is 0 Å². The third kappa shape index (κ3) is 3.75. The molecule has 0 aromatic heterocycles. The highest BCUT2D eigenvalue weighted by atomic mass is 16.5. The van der Waals surface area contributed by atoms with E-state index >= 15 is 0 Å². The Labute approximate surface area is 193 Å². The van der Waals surface area contributed by atoms with Gasteiger partial charge in [0.2, 0.25) is 5.78 Å². The van der Waals surface area contributed by atoms with E-state index in [-0.39, 0.29) is 54.6 Å². The minimum Gasteiger partial charge on any atom is -0.481 e. The van der Waals surface area contributed by atoms with Crippen molar-refractivity contribution in [1.29, 1.82) is 0 Å². The number of hydrogen-bond acceptors (Lipinski definition) is 7. The van der Waals surface area contributed by atoms with Crippen molar-refractivity contribution in [2.24, 2.45) is 28.6 Å². The van der Waals surface area contributed by atoms with E-state index in [9.17, 15) is 29.4 Å². The minimum atomic E-state index is -1.71. The molecular weight excluding hydrogens is 428 g/mol. The molecule has 0 saturated heterocycles. The van der Waals surface area contributed by atoms with E-state index in [0.29, 0.717) is 12.8 Å². The molecule has 8 nitrogen and oxygen atoms in total. The lowest BCUT2D eigenvalue weighted by Crippen LogP contribution is -2.62. The molecule has 0 spiro atoms. The van der Waals surface area contributed by atoms with Crippen LogP contribution in [0.2, 0.25) is 0 Å². The molecule has 4 aliphatic carbocycles. The molecule has 3 N–H and O–H groups in total. The zero-order valence-corrected chi connectivity index (χ0v) is 19.3. The monoisotopic (exact) mass is 462 g/mol. The summed E-state index contributed by atoms with van der Waals surface area (Å²) >= 11 is 0. The number of hydrogen-bond donors (Lipinski definition) is 3. The normalized spacial score (nSPS) is 41.9. The summed E-state index contributed by atoms with van der Waals surface area (Å²) in [5.41, 5.74) is -1.68. The number of carbonyl (C=O) groups is 4. The maximum atomic E-state index is 13.1. The van der Waals surface area contributed by atoms with Gasteiger partial charge in [-0.2, -0.15) is 0 Å². The van der Waals surface area contributed by atoms with Crippen molar-refractivity contribution in [1.82, 2.24) is 0 Å². The Morgan fingerprint density at radius 1 is 1.12 bits per heavy atom. The third-order valence-corrected chi connectivity index (χ3v) is 9.42. The van der Waals surface area contributed by atoms with E-state index in [1.54, 1.807) is 6.08 Å². The number of aliphatic hydroxyl groups is 2. The minimum absolute atomic E-state index is 0.0185. The molecule has 0 bridgehead atoms. The van der Waals surface area contributed by atoms with Crippen LogP contribution < -0.4 is 0 Å². The van der Waals surface area contributed by atoms with Gasteiger partial charge in [-0.15, -0.1) is 0 Å². The van der Waals surface area contributed by atoms with Gasteiger partial charge in [-0.25, -0.2) is 0 Å². The molecule has 4 rings (SSSR count). The largest absolute Gasteiger partial charge is 0.481 e. The number of esters is 1. The predicted molar refractivity (Wildman–Crippen MR) is 116 cm³/mol. The van der Waals surface area contributed by atoms with Crippen molar-refractivity contribution in [3.63, 3.8) is 0 Å². The Morgan fingerprint density at radius 2 is 1.85 bits per heavy atom. The van der Waals surface area contributed by atoms with Gasteiger partial charge >= 0.3 is 11.9 Å². The number of allylic oxidation sites excluding steroid dienone is 1. The molecule has 0 aliphatic heterocycles. The van der Waals surface area contributed by atoms with Gasteiger partial charge in [0.15, 0.2) is 12.4 Å². The van der Waals surface area contributed by atoms with E-state index in [0.717, 1.165) is 24.8 Å². The van der Waals surface area contributed by atoms with Crippen LogP contribution in [-0.4, -0.2) is 57.1 Å². The number of carboxylic acids is 1. The van der Waals surface area contributed by atoms with E-state index < -0.39 is 41.4 Å². The van der Waals surface area contributed by atoms with E-state index in [1.807, 2.05) is 6.92 Å². The smallest absolute Gasteiger partial charge is 0.306 e. The lowest BCUT2D eigenvalue weighted by atomic mass is 9.45. The molecule has 33 heavy (non-hydrogen) atoms. The van der Waals surface area contributed by atoms with Crippen LogP contribution in [0.15, 0.2) is 11.6 Å². The lowest BCUT2D eigenvalue weighted by molar-refractivity contribution is -0.184. The number of rotatable bonds is 6. The molecular formula is C25H34O8. The summed E-state index contributed by atoms with van der Waals surface area (Å²) in [6.07, 6.45) is 4.30. The van der Waals surface area contributed by atoms with Gasteiger partial charge in [-0.1, -0.05) is 19.4 Å². The molecule has 5 unspecified atom stereocenters. The summed E-state index contributed by atoms with van der Waals surface area (Å²) in [5, 5.41) is 31.6. The summed E-state index contributed by atoms with van der Waals surface area (Å²) in [4.78, 5) is 47.5. The highest BCUT2D eigenvalue weighted by Crippen LogP contribution is 2.67. The SMILES string of the molecule is CC12CCC(=O)C=C1CCC1C2[C@@H](O)CC2(C)C1CC[C@]2(O)C(=O)COC(=O)CCC(=O)O. The fraction of sp³-hybridized carbons (Fsp3) is 0.760. The van der Waals surface area contributed by atoms with E-state index in [4.69, 9.17) is 9.84 Å². The molecule has 0 aromatic carbocycles. The molecule has 182 valence electrons. The van der Waals surface area contributed by atoms with Crippen LogP contribution in [0.1, 0.15) is 71.6 Å². The first-order valence-corrected chi connectivity index (χ1v) is 12.0. The van der Waals surface area contributed by atoms with Gasteiger partial charge in [0.25, 0.3) is 0 Å². The Kier molecular flexibility index (Phi) is 6.06. The molecule has 0 radical (unpaired) electrons. The number of fused-ring (bicyclic) bond motifs is 5. The summed E-state index contributed by atoms with van der Waals surface area (Å²) in [7, 11) is 0. The highest BCUT2D eigenvalue weighted by Gasteiger charge is 2.68. The van der Waals surface area contributed by atoms with Gasteiger partial charge in [0.1, 0.15) is 5.60 Å². The topological polar surface area (TPSA) is 138 Å². The summed E-state index contributed by atoms with van der Waals surface area (Å²) in [5.74, 6) is -2.20. The van der Waals surface area contributed by atoms with Gasteiger partial charge in [-0.3, -0.25) is 19.2 Å². The number of carboxylic acid groups (broad SMARTS) is 1. The maximum absolute atomic E-state index is 13.1. The van der Waals surface area contributed by atoms with Crippen molar-refractivity contribution in [3.8, 4) is 0 Å². The Morgan fingerprint density at radius 3 is 2.55 bits per heavy atom. The molecule has 0 amide bonds. The van der Waals surface area contributed by atoms with Gasteiger partial charge in [0, 0.05) is 11.8 Å². The van der Waals surface area contributed by atoms with Crippen molar-refractivity contribution in [2.75, 3.05) is 6.61 Å². The second-order valence-corrected chi connectivity index (χ2v) is 11.0. The second-order valence-electron chi connectivity index (χ2n) is 11.0. The number of Topliss-reactive ketones (excluding diaryl/α,β-unsaturated/α-hetero) is 1. The molecule has 0 heterocycles. The van der Waals surface area contributed by atoms with Gasteiger partial charge in [-0.05, 0) is 67.8 Å². The molecule has 0 aromatic rings. The summed E-state index contributed by atoms with van der Waals surface area (Å²) in [6.45, 7) is 3.41. The summed E-state index contributed by atoms with van der Waals surface area (Å²) in [6, 6.07) is 0. The van der Waals surface area contributed by atoms with Crippen LogP contribution in [0, 0.1) is 28.6 Å². The highest BCUT2D eigenvalue weighted by molar-refractivity contribution is 5.92. The maximum Gasteiger partial charge on any atom is 0.306 e. The molecule has 4 aliphatic rings. The van der Waals surface area contributed by atoms with Crippen molar-refractivity contribution in [2.45, 2.75) is 83.3 Å². The van der Waals surface area contributed by atoms with Crippen LogP contribution in [0.25, 0.3) is 0 Å². The quantitative estimate of drug-likeness (QED) is 0.511. The number of aliphatic hydroxyl groups excluding tert-OH is 1. The first-order valence-electron chi connectivity index (χ1n) is 12.0. The van der Waals surface area contributed by atoms with Crippen molar-refractivity contribution < 1.29 is 39.2 Å². The molecule has 3 fully saturated rings. The van der Waals surface area contributed by atoms with Crippen molar-refractivity contribution >= 4 is 23.5 Å². The Bertz CT molecular complexity index is 908. The third-order valence-electron chi connectivity index (χ3n) is 9.42. The zero-order valence-electron chi connectivity index (χ0n) is 19.3. The first kappa shape index (κ1) is 24.1. The Balaban J connectivity index is 1.53. The summed E-state index contributed by atoms with van der Waals surface area (Å²) < 4.78 is 4.97. The fourth-order valence-corrected chi connectivity index (χ4v) is 7.70. The first-order chi connectivity index (χ1) is 15.4. The van der Waals surface area contributed by atoms with E-state index in [1.165, 1.54) is 0 Å². The fourth-order valence-electron chi connectivity index (χ4n) is 7.70. The number of aliphatic carboxylic acids is 1. The number of ether oxygens (including phenoxy) is 1. The molecule has 8 heteroatoms. The number of ketones is 2. The average Bonchev–Trinajstić information content (AvgIpc) is 3.02. The number of carbonyl (C=O) groups excluding carboxylic acids is 3. The average molecular weight is 463 g/mol. The molecule has 7 atom stereocenters. The van der Waals surface area contributed by atoms with Gasteiger partial charge < -0.3 is 20.1 Å². The predicted octanol–water partition coefficient (Wildman–Crippen LogP) is 2.20. The van der Waals surface area contributed by atoms with Crippen LogP contribution in [0.5, 0.6) is 0 Å². The van der Waals surface area contributed by atoms with Gasteiger partial charge in [0.05, 0.1) is 18.9 Å². The Hall–Kier alpha value is -2.06. The van der Waals surface area contributed by atoms with E-state index in [2.05, 4.69) is 6.92 Å². The van der Waals surface area contributed by atoms with Crippen LogP contribution in [0.4, 0.5) is 0 Å².